The molecule has 12 nitrogen and oxygen atoms in total. The van der Waals surface area contributed by atoms with Gasteiger partial charge in [-0.05, 0) is 56.0 Å². The average molecular weight is 786 g/mol. The van der Waals surface area contributed by atoms with Gasteiger partial charge in [-0.1, -0.05) is 30.3 Å². The van der Waals surface area contributed by atoms with Crippen LogP contribution in [0.3, 0.4) is 0 Å². The van der Waals surface area contributed by atoms with E-state index in [9.17, 15) is 44.3 Å². The standard InChI is InChI=1S/C27H33N5O.3C2HF3O2/c1-21(2)32-25(11-15-29-32)24-19-30(17-23-9-13-28-14-10-23)20-27(24)12-6-16-31(26(27)33)18-22-7-4-3-5-8-22;3*3-2(4,5)1(6)7/h3-5,7-11,13-15,21,24H,6,12,16-20H2,1-2H3;3*(H,6,7)/t24-,27+;;;/m0.../s1. The minimum Gasteiger partial charge on any atom is -0.475 e. The van der Waals surface area contributed by atoms with Crippen LogP contribution in [0.4, 0.5) is 39.5 Å². The first-order chi connectivity index (χ1) is 24.9. The summed E-state index contributed by atoms with van der Waals surface area (Å²) in [4.78, 5) is 49.6. The van der Waals surface area contributed by atoms with E-state index >= 15 is 0 Å². The molecule has 1 amide bonds. The summed E-state index contributed by atoms with van der Waals surface area (Å²) in [5.41, 5.74) is 3.21. The molecule has 21 heteroatoms. The average Bonchev–Trinajstić information content (AvgIpc) is 3.69. The molecule has 4 heterocycles. The molecule has 2 saturated heterocycles. The van der Waals surface area contributed by atoms with E-state index in [4.69, 9.17) is 29.7 Å². The van der Waals surface area contributed by atoms with Crippen molar-refractivity contribution < 1.29 is 74.0 Å². The third-order valence-electron chi connectivity index (χ3n) is 8.02. The maximum atomic E-state index is 14.2. The van der Waals surface area contributed by atoms with E-state index in [-0.39, 0.29) is 12.0 Å². The number of benzene rings is 1. The number of alkyl halides is 9. The van der Waals surface area contributed by atoms with Gasteiger partial charge in [-0.3, -0.25) is 19.4 Å². The van der Waals surface area contributed by atoms with Crippen LogP contribution < -0.4 is 0 Å². The van der Waals surface area contributed by atoms with Crippen LogP contribution in [0.1, 0.15) is 55.5 Å². The van der Waals surface area contributed by atoms with Crippen LogP contribution in [0.5, 0.6) is 0 Å². The summed E-state index contributed by atoms with van der Waals surface area (Å²) in [6.45, 7) is 8.33. The van der Waals surface area contributed by atoms with Crippen molar-refractivity contribution in [3.8, 4) is 0 Å². The van der Waals surface area contributed by atoms with Crippen molar-refractivity contribution in [2.75, 3.05) is 19.6 Å². The maximum absolute atomic E-state index is 14.2. The number of halogens is 9. The van der Waals surface area contributed by atoms with Crippen LogP contribution in [0.15, 0.2) is 67.1 Å². The molecule has 2 aliphatic heterocycles. The Balaban J connectivity index is 0.000000393. The molecule has 0 bridgehead atoms. The van der Waals surface area contributed by atoms with Gasteiger partial charge >= 0.3 is 36.4 Å². The summed E-state index contributed by atoms with van der Waals surface area (Å²) >= 11 is 0. The number of aromatic nitrogens is 3. The molecular formula is C33H36F9N5O7. The molecule has 0 saturated carbocycles. The predicted molar refractivity (Wildman–Crippen MR) is 169 cm³/mol. The quantitative estimate of drug-likeness (QED) is 0.246. The minimum absolute atomic E-state index is 0.135. The van der Waals surface area contributed by atoms with Crippen LogP contribution in [0.2, 0.25) is 0 Å². The molecule has 1 spiro atoms. The first kappa shape index (κ1) is 44.9. The van der Waals surface area contributed by atoms with Crippen molar-refractivity contribution in [1.29, 1.82) is 0 Å². The van der Waals surface area contributed by atoms with E-state index in [2.05, 4.69) is 80.9 Å². The third kappa shape index (κ3) is 13.0. The molecule has 5 rings (SSSR count). The van der Waals surface area contributed by atoms with Gasteiger partial charge in [-0.25, -0.2) is 14.4 Å². The number of carboxylic acids is 3. The van der Waals surface area contributed by atoms with E-state index in [0.29, 0.717) is 12.5 Å². The number of piperidine rings is 1. The summed E-state index contributed by atoms with van der Waals surface area (Å²) in [6.07, 6.45) is -7.70. The molecule has 298 valence electrons. The SMILES string of the molecule is CC(C)n1nccc1[C@@H]1CN(Cc2ccncc2)C[C@]12CCCN(Cc1ccccc1)C2=O.O=C(O)C(F)(F)F.O=C(O)C(F)(F)F.O=C(O)C(F)(F)F. The Labute approximate surface area is 301 Å². The Bertz CT molecular complexity index is 1630. The normalized spacial score (nSPS) is 18.9. The zero-order valence-electron chi connectivity index (χ0n) is 28.6. The molecule has 0 radical (unpaired) electrons. The van der Waals surface area contributed by atoms with Crippen LogP contribution in [-0.2, 0) is 32.3 Å². The molecule has 54 heavy (non-hydrogen) atoms. The summed E-state index contributed by atoms with van der Waals surface area (Å²) in [6, 6.07) is 16.9. The van der Waals surface area contributed by atoms with E-state index in [1.165, 1.54) is 16.8 Å². The number of pyridine rings is 1. The van der Waals surface area contributed by atoms with Crippen molar-refractivity contribution in [2.45, 2.75) is 70.3 Å². The number of carbonyl (C=O) groups excluding carboxylic acids is 1. The molecule has 2 atom stereocenters. The number of carbonyl (C=O) groups is 4. The van der Waals surface area contributed by atoms with Crippen molar-refractivity contribution in [3.63, 3.8) is 0 Å². The molecule has 3 aromatic rings. The number of hydrogen-bond donors (Lipinski definition) is 3. The monoisotopic (exact) mass is 785 g/mol. The molecule has 2 fully saturated rings. The second-order valence-corrected chi connectivity index (χ2v) is 12.3. The molecular weight excluding hydrogens is 749 g/mol. The minimum atomic E-state index is -5.08. The lowest BCUT2D eigenvalue weighted by Gasteiger charge is -2.43. The number of carboxylic acid groups (broad SMARTS) is 3. The van der Waals surface area contributed by atoms with Gasteiger partial charge in [0.2, 0.25) is 5.91 Å². The first-order valence-electron chi connectivity index (χ1n) is 15.8. The highest BCUT2D eigenvalue weighted by Crippen LogP contribution is 2.50. The molecule has 3 N–H and O–H groups in total. The number of hydrogen-bond acceptors (Lipinski definition) is 7. The first-order valence-corrected chi connectivity index (χ1v) is 15.8. The molecule has 0 unspecified atom stereocenters. The topological polar surface area (TPSA) is 166 Å². The van der Waals surface area contributed by atoms with Crippen LogP contribution >= 0.6 is 0 Å². The smallest absolute Gasteiger partial charge is 0.475 e. The number of rotatable bonds is 6. The molecule has 1 aromatic carbocycles. The van der Waals surface area contributed by atoms with Gasteiger partial charge in [0.25, 0.3) is 0 Å². The predicted octanol–water partition coefficient (Wildman–Crippen LogP) is 6.17. The van der Waals surface area contributed by atoms with Gasteiger partial charge in [0.1, 0.15) is 0 Å². The Morgan fingerprint density at radius 2 is 1.26 bits per heavy atom. The van der Waals surface area contributed by atoms with Gasteiger partial charge in [0, 0.05) is 69.0 Å². The maximum Gasteiger partial charge on any atom is 0.490 e. The second kappa shape index (κ2) is 18.7. The van der Waals surface area contributed by atoms with E-state index < -0.39 is 41.9 Å². The Morgan fingerprint density at radius 3 is 1.72 bits per heavy atom. The summed E-state index contributed by atoms with van der Waals surface area (Å²) in [5, 5.41) is 26.0. The fourth-order valence-electron chi connectivity index (χ4n) is 5.82. The van der Waals surface area contributed by atoms with Gasteiger partial charge < -0.3 is 20.2 Å². The molecule has 0 aliphatic carbocycles. The van der Waals surface area contributed by atoms with Crippen LogP contribution in [0, 0.1) is 5.41 Å². The van der Waals surface area contributed by atoms with Gasteiger partial charge in [0.05, 0.1) is 5.41 Å². The highest BCUT2D eigenvalue weighted by atomic mass is 19.4. The van der Waals surface area contributed by atoms with Crippen LogP contribution in [0.25, 0.3) is 0 Å². The fraction of sp³-hybridized carbons (Fsp3) is 0.455. The number of aliphatic carboxylic acids is 3. The van der Waals surface area contributed by atoms with Crippen molar-refractivity contribution in [2.24, 2.45) is 5.41 Å². The van der Waals surface area contributed by atoms with Gasteiger partial charge in [-0.15, -0.1) is 0 Å². The lowest BCUT2D eigenvalue weighted by Crippen LogP contribution is -2.52. The highest BCUT2D eigenvalue weighted by Gasteiger charge is 2.56. The zero-order valence-corrected chi connectivity index (χ0v) is 28.6. The number of amides is 1. The summed E-state index contributed by atoms with van der Waals surface area (Å²) in [7, 11) is 0. The molecule has 2 aromatic heterocycles. The highest BCUT2D eigenvalue weighted by molar-refractivity contribution is 5.85. The summed E-state index contributed by atoms with van der Waals surface area (Å²) in [5.74, 6) is -7.83. The van der Waals surface area contributed by atoms with Crippen molar-refractivity contribution in [3.05, 3.63) is 83.9 Å². The van der Waals surface area contributed by atoms with Gasteiger partial charge in [0.15, 0.2) is 0 Å². The number of likely N-dealkylation sites (tertiary alicyclic amines) is 2. The van der Waals surface area contributed by atoms with E-state index in [0.717, 1.165) is 39.0 Å². The number of nitrogens with zero attached hydrogens (tertiary/aromatic N) is 5. The third-order valence-corrected chi connectivity index (χ3v) is 8.02. The van der Waals surface area contributed by atoms with E-state index in [1.54, 1.807) is 0 Å². The Kier molecular flexibility index (Phi) is 15.6. The summed E-state index contributed by atoms with van der Waals surface area (Å²) < 4.78 is 97.3. The van der Waals surface area contributed by atoms with Gasteiger partial charge in [-0.2, -0.15) is 44.6 Å². The van der Waals surface area contributed by atoms with Crippen molar-refractivity contribution >= 4 is 23.8 Å². The fourth-order valence-corrected chi connectivity index (χ4v) is 5.82. The second-order valence-electron chi connectivity index (χ2n) is 12.3. The van der Waals surface area contributed by atoms with E-state index in [1.807, 2.05) is 24.7 Å². The molecule has 2 aliphatic rings. The largest absolute Gasteiger partial charge is 0.490 e. The Morgan fingerprint density at radius 1 is 0.778 bits per heavy atom. The lowest BCUT2D eigenvalue weighted by molar-refractivity contribution is -0.193. The van der Waals surface area contributed by atoms with Crippen LogP contribution in [-0.4, -0.2) is 102 Å². The Hall–Kier alpha value is -5.21. The lowest BCUT2D eigenvalue weighted by atomic mass is 9.70. The zero-order chi connectivity index (χ0) is 41.1. The van der Waals surface area contributed by atoms with Crippen molar-refractivity contribution in [1.82, 2.24) is 24.6 Å².